The number of hydrogen-bond acceptors (Lipinski definition) is 5. The molecule has 9 heteroatoms. The number of hydrogen-bond donors (Lipinski definition) is 2. The fourth-order valence-corrected chi connectivity index (χ4v) is 3.78. The lowest BCUT2D eigenvalue weighted by molar-refractivity contribution is -0.385. The van der Waals surface area contributed by atoms with Crippen LogP contribution in [0.2, 0.25) is 0 Å². The molecule has 0 aliphatic heterocycles. The molecule has 9 nitrogen and oxygen atoms in total. The molecule has 0 bridgehead atoms. The van der Waals surface area contributed by atoms with Gasteiger partial charge in [0, 0.05) is 36.7 Å². The molecule has 1 amide bonds. The van der Waals surface area contributed by atoms with E-state index in [4.69, 9.17) is 0 Å². The van der Waals surface area contributed by atoms with Crippen LogP contribution in [0.5, 0.6) is 0 Å². The van der Waals surface area contributed by atoms with Crippen molar-refractivity contribution in [1.29, 1.82) is 0 Å². The first-order valence-electron chi connectivity index (χ1n) is 8.97. The number of aromatic amines is 2. The van der Waals surface area contributed by atoms with Gasteiger partial charge in [0.15, 0.2) is 0 Å². The van der Waals surface area contributed by atoms with Crippen molar-refractivity contribution < 1.29 is 9.72 Å². The van der Waals surface area contributed by atoms with Gasteiger partial charge in [0.1, 0.15) is 0 Å². The SMILES string of the molecule is Cc1c([N+](=O)[O-])cc2[nH]c(=O)c(=O)[nH]c2c1CN(C)C(=O)C1CCCCC1. The Morgan fingerprint density at radius 3 is 2.48 bits per heavy atom. The Hall–Kier alpha value is -2.97. The van der Waals surface area contributed by atoms with Gasteiger partial charge in [-0.3, -0.25) is 24.5 Å². The van der Waals surface area contributed by atoms with Crippen molar-refractivity contribution in [2.75, 3.05) is 7.05 Å². The van der Waals surface area contributed by atoms with E-state index in [1.165, 1.54) is 6.07 Å². The molecular weight excluding hydrogens is 352 g/mol. The van der Waals surface area contributed by atoms with Crippen molar-refractivity contribution in [1.82, 2.24) is 14.9 Å². The molecule has 3 rings (SSSR count). The van der Waals surface area contributed by atoms with Crippen LogP contribution in [0.3, 0.4) is 0 Å². The maximum Gasteiger partial charge on any atom is 0.314 e. The Labute approximate surface area is 154 Å². The van der Waals surface area contributed by atoms with Gasteiger partial charge in [-0.15, -0.1) is 0 Å². The van der Waals surface area contributed by atoms with Crippen molar-refractivity contribution in [2.24, 2.45) is 5.92 Å². The molecule has 0 spiro atoms. The molecule has 1 aromatic carbocycles. The van der Waals surface area contributed by atoms with E-state index < -0.39 is 16.0 Å². The predicted octanol–water partition coefficient (Wildman–Crippen LogP) is 1.97. The van der Waals surface area contributed by atoms with Gasteiger partial charge in [-0.25, -0.2) is 0 Å². The zero-order valence-corrected chi connectivity index (χ0v) is 15.3. The molecule has 1 aromatic heterocycles. The third-order valence-electron chi connectivity index (χ3n) is 5.30. The quantitative estimate of drug-likeness (QED) is 0.480. The fourth-order valence-electron chi connectivity index (χ4n) is 3.78. The van der Waals surface area contributed by atoms with Crippen LogP contribution in [-0.4, -0.2) is 32.7 Å². The predicted molar refractivity (Wildman–Crippen MR) is 99.6 cm³/mol. The number of carbonyl (C=O) groups is 1. The van der Waals surface area contributed by atoms with E-state index in [1.807, 2.05) is 0 Å². The van der Waals surface area contributed by atoms with Gasteiger partial charge in [-0.05, 0) is 19.8 Å². The minimum atomic E-state index is -0.877. The largest absolute Gasteiger partial charge is 0.341 e. The zero-order valence-electron chi connectivity index (χ0n) is 15.3. The zero-order chi connectivity index (χ0) is 19.7. The van der Waals surface area contributed by atoms with Crippen LogP contribution in [0, 0.1) is 23.0 Å². The van der Waals surface area contributed by atoms with Crippen LogP contribution < -0.4 is 11.1 Å². The van der Waals surface area contributed by atoms with Crippen molar-refractivity contribution in [3.8, 4) is 0 Å². The third-order valence-corrected chi connectivity index (χ3v) is 5.30. The number of carbonyl (C=O) groups excluding carboxylic acids is 1. The summed E-state index contributed by atoms with van der Waals surface area (Å²) in [5.41, 5.74) is -0.579. The summed E-state index contributed by atoms with van der Waals surface area (Å²) in [5.74, 6) is -0.0339. The van der Waals surface area contributed by atoms with E-state index in [1.54, 1.807) is 18.9 Å². The number of fused-ring (bicyclic) bond motifs is 1. The first kappa shape index (κ1) is 18.8. The summed E-state index contributed by atoms with van der Waals surface area (Å²) in [5, 5.41) is 11.4. The highest BCUT2D eigenvalue weighted by atomic mass is 16.6. The van der Waals surface area contributed by atoms with E-state index in [9.17, 15) is 24.5 Å². The smallest absolute Gasteiger partial charge is 0.314 e. The van der Waals surface area contributed by atoms with Crippen LogP contribution in [0.1, 0.15) is 43.2 Å². The van der Waals surface area contributed by atoms with Gasteiger partial charge >= 0.3 is 11.1 Å². The number of nitro benzene ring substituents is 1. The second-order valence-electron chi connectivity index (χ2n) is 7.12. The minimum Gasteiger partial charge on any atom is -0.341 e. The summed E-state index contributed by atoms with van der Waals surface area (Å²) in [7, 11) is 1.66. The molecule has 1 saturated carbocycles. The number of amides is 1. The standard InChI is InChI=1S/C18H22N4O5/c1-10-12(9-21(2)18(25)11-6-4-3-5-7-11)15-13(8-14(10)22(26)27)19-16(23)17(24)20-15/h8,11H,3-7,9H2,1-2H3,(H,19,23)(H,20,24). The summed E-state index contributed by atoms with van der Waals surface area (Å²) in [6.07, 6.45) is 4.88. The van der Waals surface area contributed by atoms with E-state index in [2.05, 4.69) is 9.97 Å². The molecular formula is C18H22N4O5. The first-order chi connectivity index (χ1) is 12.8. The van der Waals surface area contributed by atoms with Crippen molar-refractivity contribution in [3.63, 3.8) is 0 Å². The molecule has 0 radical (unpaired) electrons. The number of nitrogens with one attached hydrogen (secondary N) is 2. The Kier molecular flexibility index (Phi) is 5.11. The van der Waals surface area contributed by atoms with Gasteiger partial charge in [-0.2, -0.15) is 0 Å². The molecule has 27 heavy (non-hydrogen) atoms. The lowest BCUT2D eigenvalue weighted by Gasteiger charge is -2.27. The van der Waals surface area contributed by atoms with Gasteiger partial charge < -0.3 is 14.9 Å². The highest BCUT2D eigenvalue weighted by Gasteiger charge is 2.26. The van der Waals surface area contributed by atoms with Crippen molar-refractivity contribution in [3.05, 3.63) is 48.0 Å². The average molecular weight is 374 g/mol. The third kappa shape index (κ3) is 3.62. The number of nitro groups is 1. The number of nitrogens with zero attached hydrogens (tertiary/aromatic N) is 2. The highest BCUT2D eigenvalue weighted by Crippen LogP contribution is 2.30. The summed E-state index contributed by atoms with van der Waals surface area (Å²) in [6.45, 7) is 1.69. The van der Waals surface area contributed by atoms with E-state index >= 15 is 0 Å². The van der Waals surface area contributed by atoms with E-state index in [-0.39, 0.29) is 29.6 Å². The van der Waals surface area contributed by atoms with Crippen LogP contribution in [0.25, 0.3) is 11.0 Å². The molecule has 2 N–H and O–H groups in total. The Bertz CT molecular complexity index is 1020. The summed E-state index contributed by atoms with van der Waals surface area (Å²) in [4.78, 5) is 53.4. The van der Waals surface area contributed by atoms with Crippen LogP contribution in [0.15, 0.2) is 15.7 Å². The number of benzene rings is 1. The highest BCUT2D eigenvalue weighted by molar-refractivity contribution is 5.84. The second kappa shape index (κ2) is 7.34. The number of rotatable bonds is 4. The van der Waals surface area contributed by atoms with Gasteiger partial charge in [0.25, 0.3) is 5.69 Å². The molecule has 1 fully saturated rings. The van der Waals surface area contributed by atoms with Crippen LogP contribution >= 0.6 is 0 Å². The molecule has 0 unspecified atom stereocenters. The number of H-pyrrole nitrogens is 2. The van der Waals surface area contributed by atoms with Crippen LogP contribution in [-0.2, 0) is 11.3 Å². The fraction of sp³-hybridized carbons (Fsp3) is 0.500. The van der Waals surface area contributed by atoms with Gasteiger partial charge in [-0.1, -0.05) is 19.3 Å². The lowest BCUT2D eigenvalue weighted by atomic mass is 9.88. The molecule has 1 aliphatic carbocycles. The van der Waals surface area contributed by atoms with Crippen molar-refractivity contribution in [2.45, 2.75) is 45.6 Å². The Morgan fingerprint density at radius 2 is 1.85 bits per heavy atom. The van der Waals surface area contributed by atoms with Gasteiger partial charge in [0.2, 0.25) is 5.91 Å². The maximum atomic E-state index is 12.8. The van der Waals surface area contributed by atoms with Gasteiger partial charge in [0.05, 0.1) is 16.0 Å². The molecule has 0 saturated heterocycles. The molecule has 1 heterocycles. The second-order valence-corrected chi connectivity index (χ2v) is 7.12. The average Bonchev–Trinajstić information content (AvgIpc) is 2.65. The maximum absolute atomic E-state index is 12.8. The topological polar surface area (TPSA) is 129 Å². The normalized spacial score (nSPS) is 15.0. The van der Waals surface area contributed by atoms with E-state index in [0.29, 0.717) is 16.6 Å². The Morgan fingerprint density at radius 1 is 1.22 bits per heavy atom. The molecule has 1 aliphatic rings. The lowest BCUT2D eigenvalue weighted by Crippen LogP contribution is -2.34. The first-order valence-corrected chi connectivity index (χ1v) is 8.97. The van der Waals surface area contributed by atoms with E-state index in [0.717, 1.165) is 32.1 Å². The molecule has 144 valence electrons. The Balaban J connectivity index is 2.06. The monoisotopic (exact) mass is 374 g/mol. The summed E-state index contributed by atoms with van der Waals surface area (Å²) >= 11 is 0. The summed E-state index contributed by atoms with van der Waals surface area (Å²) in [6, 6.07) is 1.23. The summed E-state index contributed by atoms with van der Waals surface area (Å²) < 4.78 is 0. The number of aromatic nitrogens is 2. The minimum absolute atomic E-state index is 0.000489. The molecule has 0 atom stereocenters. The molecule has 2 aromatic rings. The van der Waals surface area contributed by atoms with Crippen LogP contribution in [0.4, 0.5) is 5.69 Å². The van der Waals surface area contributed by atoms with Crippen molar-refractivity contribution >= 4 is 22.6 Å².